The average Bonchev–Trinajstić information content (AvgIpc) is 2.23. The van der Waals surface area contributed by atoms with E-state index in [-0.39, 0.29) is 4.75 Å². The van der Waals surface area contributed by atoms with Crippen molar-refractivity contribution in [3.8, 4) is 0 Å². The monoisotopic (exact) mass is 250 g/mol. The Balaban J connectivity index is 2.69. The van der Waals surface area contributed by atoms with Crippen molar-refractivity contribution in [2.24, 2.45) is 0 Å². The molecule has 0 spiro atoms. The molecule has 1 aromatic carbocycles. The number of carbonyl (C=O) groups is 1. The van der Waals surface area contributed by atoms with Gasteiger partial charge in [-0.15, -0.1) is 0 Å². The molecular weight excluding hydrogens is 232 g/mol. The maximum atomic E-state index is 10.4. The van der Waals surface area contributed by atoms with Crippen molar-refractivity contribution in [2.75, 3.05) is 0 Å². The Bertz CT molecular complexity index is 416. The van der Waals surface area contributed by atoms with E-state index in [1.165, 1.54) is 5.56 Å². The first-order valence-corrected chi connectivity index (χ1v) is 6.49. The highest BCUT2D eigenvalue weighted by atomic mass is 32.2. The van der Waals surface area contributed by atoms with Gasteiger partial charge in [0.1, 0.15) is 0 Å². The van der Waals surface area contributed by atoms with Crippen LogP contribution < -0.4 is 0 Å². The Hall–Kier alpha value is -1.22. The van der Waals surface area contributed by atoms with E-state index in [1.807, 2.05) is 30.0 Å². The first kappa shape index (κ1) is 13.8. The minimum absolute atomic E-state index is 0.243. The summed E-state index contributed by atoms with van der Waals surface area (Å²) >= 11 is 1.88. The van der Waals surface area contributed by atoms with E-state index < -0.39 is 5.97 Å². The smallest absolute Gasteiger partial charge is 0.328 e. The molecule has 0 atom stereocenters. The van der Waals surface area contributed by atoms with Crippen molar-refractivity contribution in [2.45, 2.75) is 31.3 Å². The molecule has 0 aromatic heterocycles. The maximum absolute atomic E-state index is 10.4. The summed E-state index contributed by atoms with van der Waals surface area (Å²) in [7, 11) is 0. The zero-order chi connectivity index (χ0) is 12.9. The van der Waals surface area contributed by atoms with Gasteiger partial charge in [0.15, 0.2) is 0 Å². The van der Waals surface area contributed by atoms with Gasteiger partial charge < -0.3 is 5.11 Å². The van der Waals surface area contributed by atoms with Gasteiger partial charge in [-0.1, -0.05) is 45.0 Å². The van der Waals surface area contributed by atoms with E-state index in [4.69, 9.17) is 5.11 Å². The highest BCUT2D eigenvalue weighted by molar-refractivity contribution is 7.99. The molecule has 1 rings (SSSR count). The van der Waals surface area contributed by atoms with Gasteiger partial charge >= 0.3 is 5.97 Å². The zero-order valence-corrected chi connectivity index (χ0v) is 11.3. The van der Waals surface area contributed by atoms with Crippen molar-refractivity contribution in [3.05, 3.63) is 41.5 Å². The molecule has 0 aliphatic rings. The van der Waals surface area contributed by atoms with Gasteiger partial charge in [-0.05, 0) is 17.2 Å². The summed E-state index contributed by atoms with van der Waals surface area (Å²) < 4.78 is 0.243. The lowest BCUT2D eigenvalue weighted by molar-refractivity contribution is -0.131. The third-order valence-corrected chi connectivity index (χ3v) is 3.38. The second-order valence-corrected chi connectivity index (χ2v) is 6.62. The normalized spacial score (nSPS) is 11.9. The van der Waals surface area contributed by atoms with E-state index >= 15 is 0 Å². The molecule has 1 aromatic rings. The third kappa shape index (κ3) is 6.17. The number of benzene rings is 1. The van der Waals surface area contributed by atoms with Crippen molar-refractivity contribution < 1.29 is 9.90 Å². The van der Waals surface area contributed by atoms with Crippen LogP contribution >= 0.6 is 11.8 Å². The zero-order valence-electron chi connectivity index (χ0n) is 10.4. The Morgan fingerprint density at radius 1 is 1.41 bits per heavy atom. The maximum Gasteiger partial charge on any atom is 0.328 e. The van der Waals surface area contributed by atoms with Crippen molar-refractivity contribution >= 4 is 23.8 Å². The number of carboxylic acid groups (broad SMARTS) is 1. The average molecular weight is 250 g/mol. The van der Waals surface area contributed by atoms with E-state index in [9.17, 15) is 4.79 Å². The minimum atomic E-state index is -0.917. The summed E-state index contributed by atoms with van der Waals surface area (Å²) in [5.41, 5.74) is 2.15. The number of carboxylic acids is 1. The Kier molecular flexibility index (Phi) is 4.82. The SMILES string of the molecule is CC(C)(C)SCc1cccc(/C=C/C(=O)O)c1. The van der Waals surface area contributed by atoms with Crippen LogP contribution in [0.5, 0.6) is 0 Å². The van der Waals surface area contributed by atoms with Crippen LogP contribution in [0, 0.1) is 0 Å². The molecule has 0 saturated heterocycles. The summed E-state index contributed by atoms with van der Waals surface area (Å²) in [6, 6.07) is 7.96. The van der Waals surface area contributed by atoms with Gasteiger partial charge in [0.05, 0.1) is 0 Å². The molecule has 0 saturated carbocycles. The fourth-order valence-corrected chi connectivity index (χ4v) is 2.03. The van der Waals surface area contributed by atoms with Crippen LogP contribution in [0.25, 0.3) is 6.08 Å². The molecule has 0 aliphatic heterocycles. The molecule has 92 valence electrons. The summed E-state index contributed by atoms with van der Waals surface area (Å²) in [6.45, 7) is 6.56. The number of thioether (sulfide) groups is 1. The lowest BCUT2D eigenvalue weighted by atomic mass is 10.1. The minimum Gasteiger partial charge on any atom is -0.478 e. The standard InChI is InChI=1S/C14H18O2S/c1-14(2,3)17-10-12-6-4-5-11(9-12)7-8-13(15)16/h4-9H,10H2,1-3H3,(H,15,16)/b8-7+. The molecule has 0 aliphatic carbocycles. The van der Waals surface area contributed by atoms with Crippen LogP contribution in [0.4, 0.5) is 0 Å². The lowest BCUT2D eigenvalue weighted by Crippen LogP contribution is -2.07. The molecule has 0 heterocycles. The van der Waals surface area contributed by atoms with E-state index in [2.05, 4.69) is 26.8 Å². The highest BCUT2D eigenvalue weighted by Gasteiger charge is 2.10. The Morgan fingerprint density at radius 2 is 2.12 bits per heavy atom. The van der Waals surface area contributed by atoms with E-state index in [0.717, 1.165) is 17.4 Å². The Labute approximate surface area is 107 Å². The largest absolute Gasteiger partial charge is 0.478 e. The van der Waals surface area contributed by atoms with Crippen LogP contribution in [0.2, 0.25) is 0 Å². The molecule has 0 radical (unpaired) electrons. The molecule has 17 heavy (non-hydrogen) atoms. The van der Waals surface area contributed by atoms with E-state index in [1.54, 1.807) is 6.08 Å². The summed E-state index contributed by atoms with van der Waals surface area (Å²) in [4.78, 5) is 10.4. The van der Waals surface area contributed by atoms with Crippen molar-refractivity contribution in [1.82, 2.24) is 0 Å². The molecule has 0 bridgehead atoms. The van der Waals surface area contributed by atoms with Crippen LogP contribution in [-0.4, -0.2) is 15.8 Å². The second-order valence-electron chi connectivity index (χ2n) is 4.82. The van der Waals surface area contributed by atoms with E-state index in [0.29, 0.717) is 0 Å². The van der Waals surface area contributed by atoms with Crippen LogP contribution in [-0.2, 0) is 10.5 Å². The lowest BCUT2D eigenvalue weighted by Gasteiger charge is -2.17. The third-order valence-electron chi connectivity index (χ3n) is 2.04. The predicted molar refractivity (Wildman–Crippen MR) is 74.2 cm³/mol. The number of hydrogen-bond acceptors (Lipinski definition) is 2. The van der Waals surface area contributed by atoms with Crippen LogP contribution in [0.15, 0.2) is 30.3 Å². The number of rotatable bonds is 4. The first-order chi connectivity index (χ1) is 7.87. The predicted octanol–water partition coefficient (Wildman–Crippen LogP) is 3.82. The van der Waals surface area contributed by atoms with Gasteiger partial charge in [0.25, 0.3) is 0 Å². The number of hydrogen-bond donors (Lipinski definition) is 1. The molecular formula is C14H18O2S. The second kappa shape index (κ2) is 5.92. The van der Waals surface area contributed by atoms with Gasteiger partial charge in [0.2, 0.25) is 0 Å². The van der Waals surface area contributed by atoms with Crippen LogP contribution in [0.1, 0.15) is 31.9 Å². The van der Waals surface area contributed by atoms with Gasteiger partial charge in [-0.3, -0.25) is 0 Å². The van der Waals surface area contributed by atoms with Crippen molar-refractivity contribution in [1.29, 1.82) is 0 Å². The molecule has 3 heteroatoms. The fourth-order valence-electron chi connectivity index (χ4n) is 1.25. The van der Waals surface area contributed by atoms with Gasteiger partial charge in [0, 0.05) is 16.6 Å². The van der Waals surface area contributed by atoms with Gasteiger partial charge in [-0.2, -0.15) is 11.8 Å². The molecule has 1 N–H and O–H groups in total. The summed E-state index contributed by atoms with van der Waals surface area (Å²) in [6.07, 6.45) is 2.78. The summed E-state index contributed by atoms with van der Waals surface area (Å²) in [5.74, 6) is 0.0256. The van der Waals surface area contributed by atoms with Crippen LogP contribution in [0.3, 0.4) is 0 Å². The van der Waals surface area contributed by atoms with Gasteiger partial charge in [-0.25, -0.2) is 4.79 Å². The number of aliphatic carboxylic acids is 1. The molecule has 0 amide bonds. The Morgan fingerprint density at radius 3 is 2.71 bits per heavy atom. The topological polar surface area (TPSA) is 37.3 Å². The van der Waals surface area contributed by atoms with Crippen molar-refractivity contribution in [3.63, 3.8) is 0 Å². The fraction of sp³-hybridized carbons (Fsp3) is 0.357. The highest BCUT2D eigenvalue weighted by Crippen LogP contribution is 2.27. The first-order valence-electron chi connectivity index (χ1n) is 5.51. The summed E-state index contributed by atoms with van der Waals surface area (Å²) in [5, 5.41) is 8.56. The quantitative estimate of drug-likeness (QED) is 0.825. The molecule has 2 nitrogen and oxygen atoms in total. The molecule has 0 unspecified atom stereocenters. The molecule has 0 fully saturated rings.